The van der Waals surface area contributed by atoms with Crippen LogP contribution in [0.5, 0.6) is 0 Å². The Hall–Kier alpha value is -3.02. The summed E-state index contributed by atoms with van der Waals surface area (Å²) in [4.78, 5) is 22.9. The Morgan fingerprint density at radius 2 is 1.77 bits per heavy atom. The van der Waals surface area contributed by atoms with Crippen LogP contribution in [0.3, 0.4) is 0 Å². The molecule has 2 fully saturated rings. The van der Waals surface area contributed by atoms with E-state index in [0.29, 0.717) is 22.7 Å². The Kier molecular flexibility index (Phi) is 4.10. The van der Waals surface area contributed by atoms with Crippen LogP contribution in [0.2, 0.25) is 0 Å². The highest BCUT2D eigenvalue weighted by Gasteiger charge is 2.50. The molecule has 0 spiro atoms. The average Bonchev–Trinajstić information content (AvgIpc) is 2.95. The zero-order chi connectivity index (χ0) is 21.1. The van der Waals surface area contributed by atoms with E-state index in [1.165, 1.54) is 25.0 Å². The molecular formula is C24H26N4O2. The summed E-state index contributed by atoms with van der Waals surface area (Å²) in [6, 6.07) is 15.1. The molecule has 2 bridgehead atoms. The second-order valence-electron chi connectivity index (χ2n) is 10.0. The number of non-ortho nitro benzene ring substituents is 1. The maximum Gasteiger partial charge on any atom is 0.269 e. The van der Waals surface area contributed by atoms with E-state index in [9.17, 15) is 10.1 Å². The SMILES string of the molecule is CC1(C)C[C@@H]2C[C@](C)(CN2c2nc(-c3ccc([N+](=O)[O-])cc3)nc3ccccc23)C1. The van der Waals surface area contributed by atoms with E-state index < -0.39 is 0 Å². The lowest BCUT2D eigenvalue weighted by molar-refractivity contribution is -0.384. The first kappa shape index (κ1) is 19.0. The molecule has 2 atom stereocenters. The van der Waals surface area contributed by atoms with Crippen molar-refractivity contribution in [3.8, 4) is 11.4 Å². The van der Waals surface area contributed by atoms with Crippen LogP contribution in [-0.4, -0.2) is 27.5 Å². The lowest BCUT2D eigenvalue weighted by Gasteiger charge is -2.39. The van der Waals surface area contributed by atoms with Gasteiger partial charge < -0.3 is 4.90 Å². The van der Waals surface area contributed by atoms with Crippen LogP contribution in [0.1, 0.15) is 40.0 Å². The number of nitrogens with zero attached hydrogens (tertiary/aromatic N) is 4. The van der Waals surface area contributed by atoms with Crippen LogP contribution < -0.4 is 4.90 Å². The van der Waals surface area contributed by atoms with Gasteiger partial charge in [0.15, 0.2) is 5.82 Å². The Morgan fingerprint density at radius 3 is 2.50 bits per heavy atom. The van der Waals surface area contributed by atoms with Crippen molar-refractivity contribution in [1.82, 2.24) is 9.97 Å². The highest BCUT2D eigenvalue weighted by Crippen LogP contribution is 2.53. The lowest BCUT2D eigenvalue weighted by Crippen LogP contribution is -2.35. The summed E-state index contributed by atoms with van der Waals surface area (Å²) in [5.74, 6) is 1.60. The first-order valence-corrected chi connectivity index (χ1v) is 10.5. The van der Waals surface area contributed by atoms with Crippen molar-refractivity contribution in [2.24, 2.45) is 10.8 Å². The maximum absolute atomic E-state index is 11.0. The molecule has 0 N–H and O–H groups in total. The van der Waals surface area contributed by atoms with Crippen molar-refractivity contribution < 1.29 is 4.92 Å². The zero-order valence-corrected chi connectivity index (χ0v) is 17.6. The third-order valence-electron chi connectivity index (χ3n) is 6.61. The van der Waals surface area contributed by atoms with Gasteiger partial charge in [0.05, 0.1) is 10.4 Å². The normalized spacial score (nSPS) is 24.9. The topological polar surface area (TPSA) is 72.2 Å². The van der Waals surface area contributed by atoms with Crippen molar-refractivity contribution in [1.29, 1.82) is 0 Å². The summed E-state index contributed by atoms with van der Waals surface area (Å²) in [5.41, 5.74) is 2.40. The molecule has 3 aromatic rings. The molecule has 30 heavy (non-hydrogen) atoms. The van der Waals surface area contributed by atoms with Gasteiger partial charge in [0.25, 0.3) is 5.69 Å². The third-order valence-corrected chi connectivity index (χ3v) is 6.61. The van der Waals surface area contributed by atoms with E-state index in [-0.39, 0.29) is 10.6 Å². The molecule has 0 radical (unpaired) electrons. The molecule has 0 unspecified atom stereocenters. The number of hydrogen-bond donors (Lipinski definition) is 0. The van der Waals surface area contributed by atoms with E-state index in [4.69, 9.17) is 9.97 Å². The van der Waals surface area contributed by atoms with Gasteiger partial charge in [-0.1, -0.05) is 32.9 Å². The molecule has 6 heteroatoms. The van der Waals surface area contributed by atoms with Gasteiger partial charge in [-0.2, -0.15) is 0 Å². The monoisotopic (exact) mass is 402 g/mol. The van der Waals surface area contributed by atoms with E-state index in [1.807, 2.05) is 18.2 Å². The van der Waals surface area contributed by atoms with Crippen LogP contribution in [-0.2, 0) is 0 Å². The van der Waals surface area contributed by atoms with Gasteiger partial charge >= 0.3 is 0 Å². The number of nitro groups is 1. The van der Waals surface area contributed by atoms with Crippen molar-refractivity contribution >= 4 is 22.4 Å². The number of nitro benzene ring substituents is 1. The van der Waals surface area contributed by atoms with E-state index >= 15 is 0 Å². The number of benzene rings is 2. The molecule has 154 valence electrons. The molecule has 2 heterocycles. The van der Waals surface area contributed by atoms with Gasteiger partial charge in [0.1, 0.15) is 5.82 Å². The average molecular weight is 402 g/mol. The highest BCUT2D eigenvalue weighted by atomic mass is 16.6. The lowest BCUT2D eigenvalue weighted by atomic mass is 9.65. The van der Waals surface area contributed by atoms with Crippen molar-refractivity contribution in [2.45, 2.75) is 46.1 Å². The summed E-state index contributed by atoms with van der Waals surface area (Å²) >= 11 is 0. The van der Waals surface area contributed by atoms with Gasteiger partial charge in [-0.25, -0.2) is 9.97 Å². The summed E-state index contributed by atoms with van der Waals surface area (Å²) in [6.07, 6.45) is 3.58. The molecule has 1 aliphatic heterocycles. The van der Waals surface area contributed by atoms with Crippen molar-refractivity contribution in [2.75, 3.05) is 11.4 Å². The molecule has 2 aromatic carbocycles. The summed E-state index contributed by atoms with van der Waals surface area (Å²) < 4.78 is 0. The molecule has 1 saturated heterocycles. The van der Waals surface area contributed by atoms with Crippen LogP contribution in [0.4, 0.5) is 11.5 Å². The van der Waals surface area contributed by atoms with Crippen LogP contribution in [0, 0.1) is 20.9 Å². The number of para-hydroxylation sites is 1. The summed E-state index contributed by atoms with van der Waals surface area (Å²) in [5, 5.41) is 12.1. The number of hydrogen-bond acceptors (Lipinski definition) is 5. The van der Waals surface area contributed by atoms with E-state index in [0.717, 1.165) is 35.2 Å². The van der Waals surface area contributed by atoms with Crippen LogP contribution >= 0.6 is 0 Å². The van der Waals surface area contributed by atoms with Crippen molar-refractivity contribution in [3.63, 3.8) is 0 Å². The number of rotatable bonds is 3. The molecule has 2 aliphatic rings. The Morgan fingerprint density at radius 1 is 1.03 bits per heavy atom. The summed E-state index contributed by atoms with van der Waals surface area (Å²) in [6.45, 7) is 8.16. The van der Waals surface area contributed by atoms with Gasteiger partial charge in [0, 0.05) is 35.7 Å². The minimum atomic E-state index is -0.386. The molecule has 6 nitrogen and oxygen atoms in total. The second kappa shape index (κ2) is 6.49. The second-order valence-corrected chi connectivity index (χ2v) is 10.0. The molecule has 0 amide bonds. The number of anilines is 1. The predicted octanol–water partition coefficient (Wildman–Crippen LogP) is 5.61. The Labute approximate surface area is 176 Å². The first-order valence-electron chi connectivity index (χ1n) is 10.5. The molecule has 1 aromatic heterocycles. The highest BCUT2D eigenvalue weighted by molar-refractivity contribution is 5.91. The maximum atomic E-state index is 11.0. The smallest absolute Gasteiger partial charge is 0.269 e. The minimum absolute atomic E-state index is 0.0725. The van der Waals surface area contributed by atoms with Gasteiger partial charge in [-0.15, -0.1) is 0 Å². The molecule has 1 aliphatic carbocycles. The first-order chi connectivity index (χ1) is 14.2. The van der Waals surface area contributed by atoms with E-state index in [2.05, 4.69) is 31.7 Å². The van der Waals surface area contributed by atoms with Gasteiger partial charge in [-0.3, -0.25) is 10.1 Å². The Bertz CT molecular complexity index is 1140. The quantitative estimate of drug-likeness (QED) is 0.420. The molecular weight excluding hydrogens is 376 g/mol. The third kappa shape index (κ3) is 3.20. The fourth-order valence-electron chi connectivity index (χ4n) is 5.85. The largest absolute Gasteiger partial charge is 0.352 e. The molecule has 5 rings (SSSR count). The minimum Gasteiger partial charge on any atom is -0.352 e. The molecule has 1 saturated carbocycles. The fraction of sp³-hybridized carbons (Fsp3) is 0.417. The summed E-state index contributed by atoms with van der Waals surface area (Å²) in [7, 11) is 0. The number of aromatic nitrogens is 2. The van der Waals surface area contributed by atoms with Crippen LogP contribution in [0.15, 0.2) is 48.5 Å². The standard InChI is InChI=1S/C24H26N4O2/c1-23(2)12-18-13-24(3,14-23)15-27(18)22-19-6-4-5-7-20(19)25-21(26-22)16-8-10-17(11-9-16)28(29)30/h4-11,18H,12-15H2,1-3H3/t18-,24+/m1/s1. The van der Waals surface area contributed by atoms with Crippen molar-refractivity contribution in [3.05, 3.63) is 58.6 Å². The van der Waals surface area contributed by atoms with Gasteiger partial charge in [0.2, 0.25) is 0 Å². The predicted molar refractivity (Wildman–Crippen MR) is 119 cm³/mol. The Balaban J connectivity index is 1.63. The van der Waals surface area contributed by atoms with Crippen LogP contribution in [0.25, 0.3) is 22.3 Å². The van der Waals surface area contributed by atoms with E-state index in [1.54, 1.807) is 12.1 Å². The van der Waals surface area contributed by atoms with Gasteiger partial charge in [-0.05, 0) is 54.4 Å². The fourth-order valence-corrected chi connectivity index (χ4v) is 5.85. The number of fused-ring (bicyclic) bond motifs is 3. The zero-order valence-electron chi connectivity index (χ0n) is 17.6.